The quantitative estimate of drug-likeness (QED) is 0.683. The van der Waals surface area contributed by atoms with Crippen LogP contribution in [-0.2, 0) is 0 Å². The van der Waals surface area contributed by atoms with Crippen LogP contribution in [0.5, 0.6) is 5.75 Å². The molecule has 0 heterocycles. The van der Waals surface area contributed by atoms with Crippen molar-refractivity contribution in [2.75, 3.05) is 0 Å². The third-order valence-electron chi connectivity index (χ3n) is 2.39. The lowest BCUT2D eigenvalue weighted by Crippen LogP contribution is -2.33. The van der Waals surface area contributed by atoms with Crippen molar-refractivity contribution in [3.05, 3.63) is 29.8 Å². The van der Waals surface area contributed by atoms with Crippen LogP contribution in [0.15, 0.2) is 24.3 Å². The molecule has 0 spiro atoms. The van der Waals surface area contributed by atoms with Crippen molar-refractivity contribution in [1.29, 1.82) is 0 Å². The second kappa shape index (κ2) is 4.44. The van der Waals surface area contributed by atoms with E-state index in [4.69, 9.17) is 5.73 Å². The molecule has 0 amide bonds. The Bertz CT molecular complexity index is 299. The van der Waals surface area contributed by atoms with Gasteiger partial charge in [-0.2, -0.15) is 0 Å². The van der Waals surface area contributed by atoms with E-state index in [-0.39, 0.29) is 17.7 Å². The Hall–Kier alpha value is -1.06. The molecule has 14 heavy (non-hydrogen) atoms. The van der Waals surface area contributed by atoms with Gasteiger partial charge in [0.15, 0.2) is 0 Å². The molecule has 2 atom stereocenters. The predicted molar refractivity (Wildman–Crippen MR) is 55.9 cm³/mol. The summed E-state index contributed by atoms with van der Waals surface area (Å²) < 4.78 is 0. The minimum absolute atomic E-state index is 0.0936. The largest absolute Gasteiger partial charge is 0.508 e. The molecule has 0 saturated heterocycles. The lowest BCUT2D eigenvalue weighted by atomic mass is 9.94. The average Bonchev–Trinajstić information content (AvgIpc) is 2.16. The minimum atomic E-state index is -0.809. The first-order valence-corrected chi connectivity index (χ1v) is 4.75. The van der Waals surface area contributed by atoms with Crippen molar-refractivity contribution in [3.8, 4) is 5.75 Å². The van der Waals surface area contributed by atoms with Crippen LogP contribution in [0.2, 0.25) is 0 Å². The van der Waals surface area contributed by atoms with Gasteiger partial charge < -0.3 is 15.9 Å². The fourth-order valence-electron chi connectivity index (χ4n) is 1.31. The molecule has 0 fully saturated rings. The highest BCUT2D eigenvalue weighted by atomic mass is 16.3. The number of nitrogens with two attached hydrogens (primary N) is 1. The summed E-state index contributed by atoms with van der Waals surface area (Å²) in [6.45, 7) is 3.88. The summed E-state index contributed by atoms with van der Waals surface area (Å²) in [4.78, 5) is 0. The van der Waals surface area contributed by atoms with Crippen LogP contribution in [0, 0.1) is 5.92 Å². The first kappa shape index (κ1) is 11.0. The van der Waals surface area contributed by atoms with Crippen LogP contribution in [0.4, 0.5) is 0 Å². The van der Waals surface area contributed by atoms with E-state index in [2.05, 4.69) is 0 Å². The predicted octanol–water partition coefficient (Wildman–Crippen LogP) is 1.41. The van der Waals surface area contributed by atoms with E-state index in [0.29, 0.717) is 5.56 Å². The van der Waals surface area contributed by atoms with Gasteiger partial charge in [-0.25, -0.2) is 0 Å². The van der Waals surface area contributed by atoms with Crippen LogP contribution in [0.1, 0.15) is 25.5 Å². The van der Waals surface area contributed by atoms with Crippen molar-refractivity contribution in [2.45, 2.75) is 26.0 Å². The van der Waals surface area contributed by atoms with Crippen molar-refractivity contribution in [1.82, 2.24) is 0 Å². The van der Waals surface area contributed by atoms with Gasteiger partial charge in [-0.1, -0.05) is 32.0 Å². The van der Waals surface area contributed by atoms with Gasteiger partial charge in [0.05, 0.1) is 6.10 Å². The maximum Gasteiger partial charge on any atom is 0.121 e. The highest BCUT2D eigenvalue weighted by Crippen LogP contribution is 2.27. The number of aliphatic hydroxyl groups is 1. The zero-order valence-corrected chi connectivity index (χ0v) is 8.51. The summed E-state index contributed by atoms with van der Waals surface area (Å²) in [5, 5.41) is 19.4. The van der Waals surface area contributed by atoms with E-state index < -0.39 is 6.10 Å². The maximum absolute atomic E-state index is 9.86. The van der Waals surface area contributed by atoms with Crippen molar-refractivity contribution >= 4 is 0 Å². The molecule has 0 radical (unpaired) electrons. The van der Waals surface area contributed by atoms with Gasteiger partial charge in [-0.3, -0.25) is 0 Å². The Morgan fingerprint density at radius 3 is 2.29 bits per heavy atom. The highest BCUT2D eigenvalue weighted by Gasteiger charge is 2.21. The number of hydrogen-bond acceptors (Lipinski definition) is 3. The number of hydrogen-bond donors (Lipinski definition) is 3. The number of rotatable bonds is 3. The molecule has 0 bridgehead atoms. The van der Waals surface area contributed by atoms with Gasteiger partial charge in [0.2, 0.25) is 0 Å². The van der Waals surface area contributed by atoms with E-state index in [9.17, 15) is 10.2 Å². The Labute approximate surface area is 84.2 Å². The van der Waals surface area contributed by atoms with Crippen molar-refractivity contribution < 1.29 is 10.2 Å². The Kier molecular flexibility index (Phi) is 3.49. The number of aliphatic hydroxyl groups excluding tert-OH is 1. The Morgan fingerprint density at radius 2 is 1.79 bits per heavy atom. The lowest BCUT2D eigenvalue weighted by molar-refractivity contribution is 0.123. The zero-order valence-electron chi connectivity index (χ0n) is 8.51. The molecular weight excluding hydrogens is 178 g/mol. The van der Waals surface area contributed by atoms with Gasteiger partial charge in [0.1, 0.15) is 5.75 Å². The van der Waals surface area contributed by atoms with Crippen LogP contribution < -0.4 is 5.73 Å². The fraction of sp³-hybridized carbons (Fsp3) is 0.455. The smallest absolute Gasteiger partial charge is 0.121 e. The average molecular weight is 195 g/mol. The highest BCUT2D eigenvalue weighted by molar-refractivity contribution is 5.34. The van der Waals surface area contributed by atoms with E-state index in [1.54, 1.807) is 24.3 Å². The molecule has 0 unspecified atom stereocenters. The number of phenols is 1. The van der Waals surface area contributed by atoms with E-state index >= 15 is 0 Å². The summed E-state index contributed by atoms with van der Waals surface area (Å²) in [6.07, 6.45) is -0.809. The van der Waals surface area contributed by atoms with Crippen molar-refractivity contribution in [3.63, 3.8) is 0 Å². The van der Waals surface area contributed by atoms with Crippen molar-refractivity contribution in [2.24, 2.45) is 11.7 Å². The summed E-state index contributed by atoms with van der Waals surface area (Å²) >= 11 is 0. The molecule has 1 aromatic carbocycles. The van der Waals surface area contributed by atoms with E-state index in [1.807, 2.05) is 13.8 Å². The molecule has 0 aliphatic carbocycles. The lowest BCUT2D eigenvalue weighted by Gasteiger charge is -2.22. The fourth-order valence-corrected chi connectivity index (χ4v) is 1.31. The van der Waals surface area contributed by atoms with Crippen LogP contribution in [-0.4, -0.2) is 16.3 Å². The minimum Gasteiger partial charge on any atom is -0.508 e. The van der Waals surface area contributed by atoms with Gasteiger partial charge in [-0.05, 0) is 12.0 Å². The molecule has 1 rings (SSSR count). The second-order valence-corrected chi connectivity index (χ2v) is 3.83. The van der Waals surface area contributed by atoms with Crippen LogP contribution >= 0.6 is 0 Å². The SMILES string of the molecule is CC(C)[C@@H](N)[C@@H](O)c1ccccc1O. The molecule has 0 saturated carbocycles. The topological polar surface area (TPSA) is 66.5 Å². The number of benzene rings is 1. The van der Waals surface area contributed by atoms with Gasteiger partial charge in [0.25, 0.3) is 0 Å². The molecule has 78 valence electrons. The Balaban J connectivity index is 2.89. The summed E-state index contributed by atoms with van der Waals surface area (Å²) in [7, 11) is 0. The van der Waals surface area contributed by atoms with E-state index in [1.165, 1.54) is 0 Å². The molecular formula is C11H17NO2. The third kappa shape index (κ3) is 2.25. The first-order chi connectivity index (χ1) is 6.54. The summed E-state index contributed by atoms with van der Waals surface area (Å²) in [6, 6.07) is 6.36. The first-order valence-electron chi connectivity index (χ1n) is 4.75. The summed E-state index contributed by atoms with van der Waals surface area (Å²) in [5.74, 6) is 0.265. The zero-order chi connectivity index (χ0) is 10.7. The maximum atomic E-state index is 9.86. The monoisotopic (exact) mass is 195 g/mol. The number of aromatic hydroxyl groups is 1. The normalized spacial score (nSPS) is 15.5. The van der Waals surface area contributed by atoms with Crippen LogP contribution in [0.3, 0.4) is 0 Å². The van der Waals surface area contributed by atoms with Gasteiger partial charge >= 0.3 is 0 Å². The van der Waals surface area contributed by atoms with Crippen LogP contribution in [0.25, 0.3) is 0 Å². The third-order valence-corrected chi connectivity index (χ3v) is 2.39. The Morgan fingerprint density at radius 1 is 1.21 bits per heavy atom. The molecule has 0 aliphatic heterocycles. The molecule has 3 heteroatoms. The van der Waals surface area contributed by atoms with Gasteiger partial charge in [-0.15, -0.1) is 0 Å². The number of phenolic OH excluding ortho intramolecular Hbond substituents is 1. The summed E-state index contributed by atoms with van der Waals surface area (Å²) in [5.41, 5.74) is 6.29. The molecule has 4 N–H and O–H groups in total. The van der Waals surface area contributed by atoms with Gasteiger partial charge in [0, 0.05) is 11.6 Å². The standard InChI is InChI=1S/C11H17NO2/c1-7(2)10(12)11(14)8-5-3-4-6-9(8)13/h3-7,10-11,13-14H,12H2,1-2H3/t10-,11+/m1/s1. The molecule has 0 aliphatic rings. The van der Waals surface area contributed by atoms with E-state index in [0.717, 1.165) is 0 Å². The molecule has 1 aromatic rings. The second-order valence-electron chi connectivity index (χ2n) is 3.83. The molecule has 0 aromatic heterocycles. The number of para-hydroxylation sites is 1. The molecule has 3 nitrogen and oxygen atoms in total.